The topological polar surface area (TPSA) is 17.1 Å². The lowest BCUT2D eigenvalue weighted by molar-refractivity contribution is -0.122. The number of carbonyl (C=O) groups excluding carboxylic acids is 1. The molecule has 1 nitrogen and oxygen atoms in total. The Morgan fingerprint density at radius 3 is 2.10 bits per heavy atom. The quantitative estimate of drug-likeness (QED) is 0.600. The van der Waals surface area contributed by atoms with Crippen LogP contribution in [0.1, 0.15) is 26.7 Å². The third-order valence-corrected chi connectivity index (χ3v) is 1.53. The average molecular weight is 150 g/mol. The first-order valence-corrected chi connectivity index (χ1v) is 3.36. The van der Waals surface area contributed by atoms with Gasteiger partial charge in [-0.05, 0) is 13.3 Å². The fourth-order valence-corrected chi connectivity index (χ4v) is 0.835. The van der Waals surface area contributed by atoms with Crippen LogP contribution in [0.25, 0.3) is 0 Å². The first-order valence-electron chi connectivity index (χ1n) is 3.36. The highest BCUT2D eigenvalue weighted by molar-refractivity contribution is 5.78. The number of alkyl halides is 2. The summed E-state index contributed by atoms with van der Waals surface area (Å²) in [6.07, 6.45) is -2.13. The fourth-order valence-electron chi connectivity index (χ4n) is 0.835. The van der Waals surface area contributed by atoms with Gasteiger partial charge in [0, 0.05) is 12.3 Å². The van der Waals surface area contributed by atoms with Gasteiger partial charge in [-0.1, -0.05) is 6.92 Å². The molecule has 3 heteroatoms. The molecule has 1 atom stereocenters. The number of Topliss-reactive ketones (excluding diaryl/α,β-unsaturated/α-hetero) is 1. The molecule has 0 aromatic carbocycles. The minimum absolute atomic E-state index is 0.136. The second-order valence-electron chi connectivity index (χ2n) is 2.34. The summed E-state index contributed by atoms with van der Waals surface area (Å²) >= 11 is 0. The molecule has 0 saturated carbocycles. The Morgan fingerprint density at radius 2 is 2.00 bits per heavy atom. The number of ketones is 1. The van der Waals surface area contributed by atoms with Crippen molar-refractivity contribution in [3.8, 4) is 0 Å². The molecule has 0 amide bonds. The van der Waals surface area contributed by atoms with Gasteiger partial charge in [0.2, 0.25) is 6.43 Å². The van der Waals surface area contributed by atoms with Crippen LogP contribution in [-0.4, -0.2) is 12.2 Å². The molecule has 0 aromatic heterocycles. The number of rotatable bonds is 4. The molecule has 0 rings (SSSR count). The third kappa shape index (κ3) is 3.54. The second-order valence-corrected chi connectivity index (χ2v) is 2.34. The highest BCUT2D eigenvalue weighted by atomic mass is 19.3. The highest BCUT2D eigenvalue weighted by Gasteiger charge is 2.16. The van der Waals surface area contributed by atoms with Gasteiger partial charge in [0.05, 0.1) is 0 Å². The zero-order chi connectivity index (χ0) is 8.15. The number of hydrogen-bond donors (Lipinski definition) is 0. The summed E-state index contributed by atoms with van der Waals surface area (Å²) in [5, 5.41) is 0. The molecular formula is C7H12F2O. The monoisotopic (exact) mass is 150 g/mol. The maximum Gasteiger partial charge on any atom is 0.239 e. The Hall–Kier alpha value is -0.470. The van der Waals surface area contributed by atoms with E-state index in [2.05, 4.69) is 0 Å². The molecular weight excluding hydrogens is 138 g/mol. The predicted octanol–water partition coefficient (Wildman–Crippen LogP) is 2.26. The van der Waals surface area contributed by atoms with E-state index in [1.807, 2.05) is 0 Å². The Morgan fingerprint density at radius 1 is 1.50 bits per heavy atom. The number of carbonyl (C=O) groups is 1. The van der Waals surface area contributed by atoms with Crippen molar-refractivity contribution in [3.05, 3.63) is 0 Å². The van der Waals surface area contributed by atoms with E-state index in [-0.39, 0.29) is 12.2 Å². The van der Waals surface area contributed by atoms with Crippen LogP contribution in [0, 0.1) is 5.92 Å². The molecule has 60 valence electrons. The molecule has 0 saturated heterocycles. The van der Waals surface area contributed by atoms with E-state index in [0.29, 0.717) is 6.42 Å². The van der Waals surface area contributed by atoms with Crippen LogP contribution in [-0.2, 0) is 4.79 Å². The van der Waals surface area contributed by atoms with E-state index in [9.17, 15) is 13.6 Å². The van der Waals surface area contributed by atoms with Crippen molar-refractivity contribution in [2.45, 2.75) is 33.1 Å². The molecule has 1 unspecified atom stereocenters. The van der Waals surface area contributed by atoms with Gasteiger partial charge < -0.3 is 0 Å². The van der Waals surface area contributed by atoms with Gasteiger partial charge >= 0.3 is 0 Å². The lowest BCUT2D eigenvalue weighted by Gasteiger charge is -2.08. The van der Waals surface area contributed by atoms with Gasteiger partial charge in [-0.3, -0.25) is 4.79 Å². The predicted molar refractivity (Wildman–Crippen MR) is 35.1 cm³/mol. The van der Waals surface area contributed by atoms with Gasteiger partial charge in [-0.25, -0.2) is 8.78 Å². The molecule has 0 N–H and O–H groups in total. The lowest BCUT2D eigenvalue weighted by atomic mass is 9.99. The minimum Gasteiger partial charge on any atom is -0.300 e. The molecule has 0 spiro atoms. The summed E-state index contributed by atoms with van der Waals surface area (Å²) in [7, 11) is 0. The second kappa shape index (κ2) is 4.36. The first-order chi connectivity index (χ1) is 4.57. The molecule has 0 bridgehead atoms. The molecule has 0 aliphatic carbocycles. The van der Waals surface area contributed by atoms with Gasteiger partial charge in [0.25, 0.3) is 0 Å². The van der Waals surface area contributed by atoms with Gasteiger partial charge in [0.1, 0.15) is 5.78 Å². The SMILES string of the molecule is CCC(CC(F)F)C(C)=O. The maximum absolute atomic E-state index is 11.7. The van der Waals surface area contributed by atoms with Gasteiger partial charge in [-0.2, -0.15) is 0 Å². The lowest BCUT2D eigenvalue weighted by Crippen LogP contribution is -2.13. The van der Waals surface area contributed by atoms with E-state index in [0.717, 1.165) is 0 Å². The molecule has 0 radical (unpaired) electrons. The largest absolute Gasteiger partial charge is 0.300 e. The normalized spacial score (nSPS) is 13.7. The van der Waals surface area contributed by atoms with E-state index in [4.69, 9.17) is 0 Å². The van der Waals surface area contributed by atoms with Crippen molar-refractivity contribution < 1.29 is 13.6 Å². The standard InChI is InChI=1S/C7H12F2O/c1-3-6(5(2)10)4-7(8)9/h6-7H,3-4H2,1-2H3. The third-order valence-electron chi connectivity index (χ3n) is 1.53. The maximum atomic E-state index is 11.7. The molecule has 0 aliphatic rings. The summed E-state index contributed by atoms with van der Waals surface area (Å²) in [6, 6.07) is 0. The number of halogens is 2. The van der Waals surface area contributed by atoms with Crippen LogP contribution in [0.4, 0.5) is 8.78 Å². The molecule has 0 heterocycles. The van der Waals surface area contributed by atoms with Crippen LogP contribution in [0.5, 0.6) is 0 Å². The molecule has 10 heavy (non-hydrogen) atoms. The molecule has 0 aliphatic heterocycles. The molecule has 0 fully saturated rings. The Bertz CT molecular complexity index is 112. The summed E-state index contributed by atoms with van der Waals surface area (Å²) in [5.74, 6) is -0.581. The van der Waals surface area contributed by atoms with Crippen LogP contribution in [0.2, 0.25) is 0 Å². The summed E-state index contributed by atoms with van der Waals surface area (Å²) in [6.45, 7) is 3.10. The van der Waals surface area contributed by atoms with Crippen molar-refractivity contribution >= 4 is 5.78 Å². The summed E-state index contributed by atoms with van der Waals surface area (Å²) in [5.41, 5.74) is 0. The zero-order valence-electron chi connectivity index (χ0n) is 6.23. The Labute approximate surface area is 59.4 Å². The van der Waals surface area contributed by atoms with E-state index in [1.54, 1.807) is 6.92 Å². The van der Waals surface area contributed by atoms with Crippen molar-refractivity contribution in [1.82, 2.24) is 0 Å². The van der Waals surface area contributed by atoms with Gasteiger partial charge in [-0.15, -0.1) is 0 Å². The average Bonchev–Trinajstić information content (AvgIpc) is 1.81. The highest BCUT2D eigenvalue weighted by Crippen LogP contribution is 2.14. The minimum atomic E-state index is -2.35. The van der Waals surface area contributed by atoms with Crippen LogP contribution >= 0.6 is 0 Å². The van der Waals surface area contributed by atoms with Gasteiger partial charge in [0.15, 0.2) is 0 Å². The van der Waals surface area contributed by atoms with Crippen LogP contribution < -0.4 is 0 Å². The first kappa shape index (κ1) is 9.53. The molecule has 0 aromatic rings. The van der Waals surface area contributed by atoms with Crippen molar-refractivity contribution in [3.63, 3.8) is 0 Å². The van der Waals surface area contributed by atoms with Crippen molar-refractivity contribution in [2.75, 3.05) is 0 Å². The smallest absolute Gasteiger partial charge is 0.239 e. The van der Waals surface area contributed by atoms with Crippen molar-refractivity contribution in [2.24, 2.45) is 5.92 Å². The number of hydrogen-bond acceptors (Lipinski definition) is 1. The van der Waals surface area contributed by atoms with Crippen LogP contribution in [0.3, 0.4) is 0 Å². The Balaban J connectivity index is 3.72. The summed E-state index contributed by atoms with van der Waals surface area (Å²) in [4.78, 5) is 10.6. The van der Waals surface area contributed by atoms with Crippen molar-refractivity contribution in [1.29, 1.82) is 0 Å². The fraction of sp³-hybridized carbons (Fsp3) is 0.857. The Kier molecular flexibility index (Phi) is 4.16. The van der Waals surface area contributed by atoms with E-state index in [1.165, 1.54) is 6.92 Å². The van der Waals surface area contributed by atoms with Crippen LogP contribution in [0.15, 0.2) is 0 Å². The zero-order valence-corrected chi connectivity index (χ0v) is 6.23. The summed E-state index contributed by atoms with van der Waals surface area (Å²) < 4.78 is 23.4. The van der Waals surface area contributed by atoms with E-state index < -0.39 is 12.3 Å². The van der Waals surface area contributed by atoms with E-state index >= 15 is 0 Å².